The maximum atomic E-state index is 12.1. The van der Waals surface area contributed by atoms with Crippen LogP contribution in [0.15, 0.2) is 42.5 Å². The highest BCUT2D eigenvalue weighted by Crippen LogP contribution is 2.28. The predicted octanol–water partition coefficient (Wildman–Crippen LogP) is 4.43. The maximum absolute atomic E-state index is 12.1. The van der Waals surface area contributed by atoms with Gasteiger partial charge in [-0.05, 0) is 36.2 Å². The van der Waals surface area contributed by atoms with Crippen LogP contribution in [0.1, 0.15) is 11.1 Å². The minimum Gasteiger partial charge on any atom is -0.406 e. The van der Waals surface area contributed by atoms with Crippen molar-refractivity contribution in [1.29, 1.82) is 5.26 Å². The van der Waals surface area contributed by atoms with Gasteiger partial charge in [0, 0.05) is 0 Å². The number of aryl methyl sites for hydroxylation is 1. The number of alkyl halides is 3. The van der Waals surface area contributed by atoms with Gasteiger partial charge in [0.15, 0.2) is 0 Å². The molecule has 0 unspecified atom stereocenters. The first-order valence-electron chi connectivity index (χ1n) is 5.76. The zero-order valence-corrected chi connectivity index (χ0v) is 10.5. The van der Waals surface area contributed by atoms with E-state index in [0.29, 0.717) is 16.7 Å². The Kier molecular flexibility index (Phi) is 3.66. The standard InChI is InChI=1S/C15H10F3NO/c1-10-2-3-12(9-19)14(8-10)11-4-6-13(7-5-11)20-15(16,17)18/h2-8H,1H3. The lowest BCUT2D eigenvalue weighted by molar-refractivity contribution is -0.274. The van der Waals surface area contributed by atoms with Crippen LogP contribution in [-0.4, -0.2) is 6.36 Å². The molecule has 0 fully saturated rings. The Bertz CT molecular complexity index is 654. The summed E-state index contributed by atoms with van der Waals surface area (Å²) in [6.45, 7) is 1.88. The van der Waals surface area contributed by atoms with E-state index in [0.717, 1.165) is 5.56 Å². The van der Waals surface area contributed by atoms with Crippen LogP contribution in [0.25, 0.3) is 11.1 Å². The first-order valence-corrected chi connectivity index (χ1v) is 5.76. The Labute approximate surface area is 114 Å². The van der Waals surface area contributed by atoms with Crippen molar-refractivity contribution in [3.8, 4) is 22.9 Å². The molecule has 2 aromatic carbocycles. The molecule has 102 valence electrons. The van der Waals surface area contributed by atoms with Gasteiger partial charge in [0.1, 0.15) is 5.75 Å². The van der Waals surface area contributed by atoms with E-state index in [2.05, 4.69) is 10.8 Å². The number of halogens is 3. The number of hydrogen-bond acceptors (Lipinski definition) is 2. The van der Waals surface area contributed by atoms with E-state index in [9.17, 15) is 13.2 Å². The van der Waals surface area contributed by atoms with Gasteiger partial charge in [0.2, 0.25) is 0 Å². The summed E-state index contributed by atoms with van der Waals surface area (Å²) in [5.74, 6) is -0.285. The summed E-state index contributed by atoms with van der Waals surface area (Å²) in [5, 5.41) is 9.05. The molecule has 20 heavy (non-hydrogen) atoms. The van der Waals surface area contributed by atoms with Crippen molar-refractivity contribution in [2.24, 2.45) is 0 Å². The Balaban J connectivity index is 2.36. The molecule has 0 heterocycles. The normalized spacial score (nSPS) is 10.9. The van der Waals surface area contributed by atoms with E-state index in [4.69, 9.17) is 5.26 Å². The summed E-state index contributed by atoms with van der Waals surface area (Å²) in [7, 11) is 0. The lowest BCUT2D eigenvalue weighted by atomic mass is 9.98. The van der Waals surface area contributed by atoms with Crippen LogP contribution in [0, 0.1) is 18.3 Å². The lowest BCUT2D eigenvalue weighted by Crippen LogP contribution is -2.16. The number of hydrogen-bond donors (Lipinski definition) is 0. The molecule has 0 aliphatic rings. The van der Waals surface area contributed by atoms with Crippen LogP contribution in [0.4, 0.5) is 13.2 Å². The Morgan fingerprint density at radius 2 is 1.70 bits per heavy atom. The highest BCUT2D eigenvalue weighted by atomic mass is 19.4. The molecule has 0 radical (unpaired) electrons. The number of rotatable bonds is 2. The van der Waals surface area contributed by atoms with Gasteiger partial charge in [-0.25, -0.2) is 0 Å². The molecule has 5 heteroatoms. The van der Waals surface area contributed by atoms with E-state index in [1.54, 1.807) is 6.07 Å². The van der Waals surface area contributed by atoms with Crippen LogP contribution in [0.3, 0.4) is 0 Å². The highest BCUT2D eigenvalue weighted by Gasteiger charge is 2.30. The monoisotopic (exact) mass is 277 g/mol. The summed E-state index contributed by atoms with van der Waals surface area (Å²) in [5.41, 5.74) is 2.79. The summed E-state index contributed by atoms with van der Waals surface area (Å²) in [6, 6.07) is 12.8. The van der Waals surface area contributed by atoms with Crippen LogP contribution in [0.5, 0.6) is 5.75 Å². The second-order valence-electron chi connectivity index (χ2n) is 4.23. The molecule has 2 rings (SSSR count). The SMILES string of the molecule is Cc1ccc(C#N)c(-c2ccc(OC(F)(F)F)cc2)c1. The minimum absolute atomic E-state index is 0.285. The first kappa shape index (κ1) is 13.9. The fraction of sp³-hybridized carbons (Fsp3) is 0.133. The Morgan fingerprint density at radius 1 is 1.05 bits per heavy atom. The molecule has 0 bridgehead atoms. The third-order valence-corrected chi connectivity index (χ3v) is 2.69. The zero-order chi connectivity index (χ0) is 14.8. The zero-order valence-electron chi connectivity index (χ0n) is 10.5. The molecule has 0 atom stereocenters. The molecular formula is C15H10F3NO. The molecule has 0 aromatic heterocycles. The van der Waals surface area contributed by atoms with E-state index in [1.165, 1.54) is 24.3 Å². The smallest absolute Gasteiger partial charge is 0.406 e. The molecule has 0 saturated heterocycles. The summed E-state index contributed by atoms with van der Waals surface area (Å²) in [6.07, 6.45) is -4.71. The number of ether oxygens (including phenoxy) is 1. The van der Waals surface area contributed by atoms with Gasteiger partial charge < -0.3 is 4.74 Å². The van der Waals surface area contributed by atoms with Crippen molar-refractivity contribution in [1.82, 2.24) is 0 Å². The van der Waals surface area contributed by atoms with E-state index < -0.39 is 6.36 Å². The van der Waals surface area contributed by atoms with Crippen molar-refractivity contribution in [3.63, 3.8) is 0 Å². The molecular weight excluding hydrogens is 267 g/mol. The molecule has 2 nitrogen and oxygen atoms in total. The van der Waals surface area contributed by atoms with Gasteiger partial charge in [0.05, 0.1) is 11.6 Å². The van der Waals surface area contributed by atoms with Crippen LogP contribution >= 0.6 is 0 Å². The summed E-state index contributed by atoms with van der Waals surface area (Å²) in [4.78, 5) is 0. The number of nitriles is 1. The van der Waals surface area contributed by atoms with Gasteiger partial charge in [-0.3, -0.25) is 0 Å². The number of benzene rings is 2. The quantitative estimate of drug-likeness (QED) is 0.813. The van der Waals surface area contributed by atoms with Crippen LogP contribution in [-0.2, 0) is 0 Å². The predicted molar refractivity (Wildman–Crippen MR) is 68.0 cm³/mol. The maximum Gasteiger partial charge on any atom is 0.573 e. The Hall–Kier alpha value is -2.48. The lowest BCUT2D eigenvalue weighted by Gasteiger charge is -2.10. The highest BCUT2D eigenvalue weighted by molar-refractivity contribution is 5.71. The van der Waals surface area contributed by atoms with Crippen molar-refractivity contribution < 1.29 is 17.9 Å². The van der Waals surface area contributed by atoms with Crippen molar-refractivity contribution in [2.75, 3.05) is 0 Å². The average Bonchev–Trinajstić information content (AvgIpc) is 2.38. The van der Waals surface area contributed by atoms with E-state index >= 15 is 0 Å². The minimum atomic E-state index is -4.71. The molecule has 0 saturated carbocycles. The van der Waals surface area contributed by atoms with E-state index in [-0.39, 0.29) is 5.75 Å². The number of nitrogens with zero attached hydrogens (tertiary/aromatic N) is 1. The van der Waals surface area contributed by atoms with Crippen molar-refractivity contribution in [2.45, 2.75) is 13.3 Å². The fourth-order valence-corrected chi connectivity index (χ4v) is 1.83. The topological polar surface area (TPSA) is 33.0 Å². The first-order chi connectivity index (χ1) is 9.39. The second-order valence-corrected chi connectivity index (χ2v) is 4.23. The Morgan fingerprint density at radius 3 is 2.25 bits per heavy atom. The molecule has 0 aliphatic heterocycles. The molecule has 2 aromatic rings. The summed E-state index contributed by atoms with van der Waals surface area (Å²) >= 11 is 0. The molecule has 0 N–H and O–H groups in total. The van der Waals surface area contributed by atoms with Crippen molar-refractivity contribution >= 4 is 0 Å². The second kappa shape index (κ2) is 5.25. The third kappa shape index (κ3) is 3.29. The molecule has 0 aliphatic carbocycles. The van der Waals surface area contributed by atoms with Gasteiger partial charge in [-0.2, -0.15) is 5.26 Å². The van der Waals surface area contributed by atoms with Crippen LogP contribution in [0.2, 0.25) is 0 Å². The molecule has 0 spiro atoms. The summed E-state index contributed by atoms with van der Waals surface area (Å²) < 4.78 is 40.0. The van der Waals surface area contributed by atoms with Crippen molar-refractivity contribution in [3.05, 3.63) is 53.6 Å². The largest absolute Gasteiger partial charge is 0.573 e. The van der Waals surface area contributed by atoms with Gasteiger partial charge in [-0.1, -0.05) is 29.8 Å². The van der Waals surface area contributed by atoms with Gasteiger partial charge in [-0.15, -0.1) is 13.2 Å². The fourth-order valence-electron chi connectivity index (χ4n) is 1.83. The van der Waals surface area contributed by atoms with Gasteiger partial charge >= 0.3 is 6.36 Å². The third-order valence-electron chi connectivity index (χ3n) is 2.69. The molecule has 0 amide bonds. The average molecular weight is 277 g/mol. The van der Waals surface area contributed by atoms with E-state index in [1.807, 2.05) is 19.1 Å². The van der Waals surface area contributed by atoms with Gasteiger partial charge in [0.25, 0.3) is 0 Å². The van der Waals surface area contributed by atoms with Crippen LogP contribution < -0.4 is 4.74 Å².